The molecule has 6 nitrogen and oxygen atoms in total. The van der Waals surface area contributed by atoms with Gasteiger partial charge in [-0.05, 0) is 6.92 Å². The van der Waals surface area contributed by atoms with Crippen LogP contribution in [0, 0.1) is 5.92 Å². The molecule has 2 heterocycles. The minimum atomic E-state index is -1.25. The first-order chi connectivity index (χ1) is 6.95. The largest absolute Gasteiger partial charge is 0.510 e. The molecular formula is C9H13NO5. The molecule has 1 saturated heterocycles. The number of fused-ring (bicyclic) bond motifs is 1. The molecule has 15 heavy (non-hydrogen) atoms. The number of aliphatic carboxylic acids is 1. The quantitative estimate of drug-likeness (QED) is 0.483. The number of carboxylic acids is 1. The zero-order valence-corrected chi connectivity index (χ0v) is 8.16. The van der Waals surface area contributed by atoms with Crippen LogP contribution in [0.1, 0.15) is 13.3 Å². The first-order valence-corrected chi connectivity index (χ1v) is 4.75. The molecule has 2 aliphatic heterocycles. The topological polar surface area (TPSA) is 101 Å². The van der Waals surface area contributed by atoms with Crippen LogP contribution in [0.15, 0.2) is 11.5 Å². The highest BCUT2D eigenvalue weighted by Gasteiger charge is 2.56. The Kier molecular flexibility index (Phi) is 2.13. The molecule has 0 saturated carbocycles. The molecule has 0 aromatic heterocycles. The number of aliphatic hydroxyl groups is 3. The Morgan fingerprint density at radius 1 is 1.60 bits per heavy atom. The zero-order valence-electron chi connectivity index (χ0n) is 8.16. The lowest BCUT2D eigenvalue weighted by atomic mass is 9.82. The average Bonchev–Trinajstić information content (AvgIpc) is 2.38. The van der Waals surface area contributed by atoms with Gasteiger partial charge in [0.2, 0.25) is 0 Å². The van der Waals surface area contributed by atoms with E-state index in [4.69, 9.17) is 5.11 Å². The van der Waals surface area contributed by atoms with E-state index in [1.807, 2.05) is 0 Å². The fourth-order valence-corrected chi connectivity index (χ4v) is 2.45. The fraction of sp³-hybridized carbons (Fsp3) is 0.667. The summed E-state index contributed by atoms with van der Waals surface area (Å²) >= 11 is 0. The van der Waals surface area contributed by atoms with E-state index in [0.29, 0.717) is 0 Å². The minimum absolute atomic E-state index is 0.175. The molecule has 0 aromatic carbocycles. The van der Waals surface area contributed by atoms with E-state index in [1.165, 1.54) is 4.90 Å². The molecule has 4 atom stereocenters. The molecule has 0 radical (unpaired) electrons. The van der Waals surface area contributed by atoms with Crippen molar-refractivity contribution in [3.8, 4) is 0 Å². The van der Waals surface area contributed by atoms with Gasteiger partial charge < -0.3 is 25.3 Å². The third-order valence-corrected chi connectivity index (χ3v) is 3.12. The molecule has 0 spiro atoms. The predicted molar refractivity (Wildman–Crippen MR) is 48.7 cm³/mol. The monoisotopic (exact) mass is 215 g/mol. The summed E-state index contributed by atoms with van der Waals surface area (Å²) in [5.41, 5.74) is -0.246. The van der Waals surface area contributed by atoms with Crippen molar-refractivity contribution >= 4 is 5.97 Å². The lowest BCUT2D eigenvalue weighted by Crippen LogP contribution is -2.64. The smallest absolute Gasteiger partial charge is 0.355 e. The van der Waals surface area contributed by atoms with Gasteiger partial charge >= 0.3 is 5.97 Å². The van der Waals surface area contributed by atoms with Crippen LogP contribution < -0.4 is 0 Å². The number of hydrogen-bond donors (Lipinski definition) is 4. The van der Waals surface area contributed by atoms with Crippen molar-refractivity contribution < 1.29 is 25.2 Å². The van der Waals surface area contributed by atoms with Crippen LogP contribution in [0.4, 0.5) is 0 Å². The molecule has 3 unspecified atom stereocenters. The average molecular weight is 215 g/mol. The normalized spacial score (nSPS) is 36.2. The van der Waals surface area contributed by atoms with Crippen molar-refractivity contribution in [2.24, 2.45) is 5.92 Å². The van der Waals surface area contributed by atoms with Crippen molar-refractivity contribution in [2.45, 2.75) is 31.7 Å². The first kappa shape index (κ1) is 10.3. The maximum Gasteiger partial charge on any atom is 0.355 e. The molecule has 84 valence electrons. The summed E-state index contributed by atoms with van der Waals surface area (Å²) in [5.74, 6) is -1.88. The molecule has 0 aliphatic carbocycles. The molecule has 0 bridgehead atoms. The van der Waals surface area contributed by atoms with E-state index in [-0.39, 0.29) is 23.9 Å². The van der Waals surface area contributed by atoms with E-state index in [1.54, 1.807) is 6.92 Å². The zero-order chi connectivity index (χ0) is 11.3. The third-order valence-electron chi connectivity index (χ3n) is 3.12. The fourth-order valence-electron chi connectivity index (χ4n) is 2.45. The highest BCUT2D eigenvalue weighted by molar-refractivity contribution is 5.87. The molecule has 2 aliphatic rings. The lowest BCUT2D eigenvalue weighted by molar-refractivity contribution is -0.185. The SMILES string of the molecule is C[C@@H](O)C1C(O)N2C(C(=O)O)=C(O)CC12. The van der Waals surface area contributed by atoms with E-state index < -0.39 is 24.2 Å². The summed E-state index contributed by atoms with van der Waals surface area (Å²) in [7, 11) is 0. The van der Waals surface area contributed by atoms with Crippen LogP contribution >= 0.6 is 0 Å². The predicted octanol–water partition coefficient (Wildman–Crippen LogP) is -0.756. The van der Waals surface area contributed by atoms with E-state index in [2.05, 4.69) is 0 Å². The van der Waals surface area contributed by atoms with Crippen LogP contribution in [0.3, 0.4) is 0 Å². The number of hydrogen-bond acceptors (Lipinski definition) is 5. The molecule has 0 aromatic rings. The summed E-state index contributed by atoms with van der Waals surface area (Å²) in [6.07, 6.45) is -1.57. The van der Waals surface area contributed by atoms with Gasteiger partial charge in [-0.25, -0.2) is 4.79 Å². The van der Waals surface area contributed by atoms with Gasteiger partial charge in [0.15, 0.2) is 5.70 Å². The van der Waals surface area contributed by atoms with E-state index in [0.717, 1.165) is 0 Å². The standard InChI is InChI=1S/C9H13NO5/c1-3(11)6-4-2-5(12)7(9(14)15)10(4)8(6)13/h3-4,6,8,11-13H,2H2,1H3,(H,14,15)/t3-,4?,6?,8?/m1/s1. The Balaban J connectivity index is 2.22. The van der Waals surface area contributed by atoms with Crippen molar-refractivity contribution in [1.29, 1.82) is 0 Å². The highest BCUT2D eigenvalue weighted by Crippen LogP contribution is 2.45. The number of rotatable bonds is 2. The van der Waals surface area contributed by atoms with Crippen LogP contribution in [0.25, 0.3) is 0 Å². The molecule has 6 heteroatoms. The van der Waals surface area contributed by atoms with E-state index >= 15 is 0 Å². The lowest BCUT2D eigenvalue weighted by Gasteiger charge is -2.51. The van der Waals surface area contributed by atoms with Crippen molar-refractivity contribution in [2.75, 3.05) is 0 Å². The molecule has 0 amide bonds. The summed E-state index contributed by atoms with van der Waals surface area (Å²) in [5, 5.41) is 37.2. The number of aliphatic hydroxyl groups excluding tert-OH is 3. The van der Waals surface area contributed by atoms with Crippen molar-refractivity contribution in [1.82, 2.24) is 4.90 Å². The van der Waals surface area contributed by atoms with Crippen LogP contribution in [-0.2, 0) is 4.79 Å². The van der Waals surface area contributed by atoms with Gasteiger partial charge in [0.1, 0.15) is 12.0 Å². The van der Waals surface area contributed by atoms with Gasteiger partial charge in [-0.15, -0.1) is 0 Å². The van der Waals surface area contributed by atoms with E-state index in [9.17, 15) is 20.1 Å². The third kappa shape index (κ3) is 1.22. The second kappa shape index (κ2) is 3.11. The van der Waals surface area contributed by atoms with Crippen LogP contribution in [0.2, 0.25) is 0 Å². The Labute approximate surface area is 86.1 Å². The Morgan fingerprint density at radius 3 is 2.67 bits per heavy atom. The maximum atomic E-state index is 10.8. The molecular weight excluding hydrogens is 202 g/mol. The number of carbonyl (C=O) groups is 1. The van der Waals surface area contributed by atoms with Crippen molar-refractivity contribution in [3.63, 3.8) is 0 Å². The molecule has 1 fully saturated rings. The summed E-state index contributed by atoms with van der Waals surface area (Å²) in [6, 6.07) is -0.300. The second-order valence-electron chi connectivity index (χ2n) is 4.01. The summed E-state index contributed by atoms with van der Waals surface area (Å²) in [6.45, 7) is 1.54. The van der Waals surface area contributed by atoms with Crippen LogP contribution in [-0.4, -0.2) is 49.7 Å². The highest BCUT2D eigenvalue weighted by atomic mass is 16.4. The molecule has 2 rings (SSSR count). The summed E-state index contributed by atoms with van der Waals surface area (Å²) < 4.78 is 0. The number of nitrogens with zero attached hydrogens (tertiary/aromatic N) is 1. The maximum absolute atomic E-state index is 10.8. The Bertz CT molecular complexity index is 337. The molecule has 4 N–H and O–H groups in total. The van der Waals surface area contributed by atoms with Gasteiger partial charge in [-0.3, -0.25) is 0 Å². The number of carboxylic acid groups (broad SMARTS) is 1. The minimum Gasteiger partial charge on any atom is -0.510 e. The Morgan fingerprint density at radius 2 is 2.20 bits per heavy atom. The summed E-state index contributed by atoms with van der Waals surface area (Å²) in [4.78, 5) is 12.0. The van der Waals surface area contributed by atoms with Crippen LogP contribution in [0.5, 0.6) is 0 Å². The van der Waals surface area contributed by atoms with Gasteiger partial charge in [0.05, 0.1) is 12.0 Å². The van der Waals surface area contributed by atoms with Gasteiger partial charge in [0, 0.05) is 12.5 Å². The first-order valence-electron chi connectivity index (χ1n) is 4.75. The Hall–Kier alpha value is -1.27. The second-order valence-corrected chi connectivity index (χ2v) is 4.01. The van der Waals surface area contributed by atoms with Crippen molar-refractivity contribution in [3.05, 3.63) is 11.5 Å². The van der Waals surface area contributed by atoms with Gasteiger partial charge in [-0.1, -0.05) is 0 Å². The van der Waals surface area contributed by atoms with Gasteiger partial charge in [0.25, 0.3) is 0 Å². The van der Waals surface area contributed by atoms with Gasteiger partial charge in [-0.2, -0.15) is 0 Å².